The molecule has 0 bridgehead atoms. The van der Waals surface area contributed by atoms with Crippen molar-refractivity contribution in [3.63, 3.8) is 0 Å². The van der Waals surface area contributed by atoms with E-state index in [-0.39, 0.29) is 22.5 Å². The summed E-state index contributed by atoms with van der Waals surface area (Å²) in [4.78, 5) is 6.65. The van der Waals surface area contributed by atoms with Gasteiger partial charge in [-0.15, -0.1) is 0 Å². The second-order valence-electron chi connectivity index (χ2n) is 7.59. The second kappa shape index (κ2) is 8.81. The number of sulfonamides is 1. The maximum atomic E-state index is 13.8. The van der Waals surface area contributed by atoms with Gasteiger partial charge in [-0.1, -0.05) is 6.07 Å². The van der Waals surface area contributed by atoms with E-state index in [0.29, 0.717) is 23.7 Å². The molecule has 1 saturated heterocycles. The standard InChI is InChI=1S/C21H25FN4O4S/c1-2-29-20-11-14(3-5-17(20)22)13-26-9-7-15(8-10-26)24-21-25-18-12-16(31(23,27)28)4-6-19(18)30-21/h3-6,11-12,15H,2,7-10,13H2,1H3,(H,24,25)(H2,23,27,28). The Labute approximate surface area is 180 Å². The normalized spacial score (nSPS) is 16.0. The van der Waals surface area contributed by atoms with E-state index in [9.17, 15) is 12.8 Å². The van der Waals surface area contributed by atoms with Crippen LogP contribution in [0.4, 0.5) is 10.4 Å². The molecule has 1 fully saturated rings. The third-order valence-corrected chi connectivity index (χ3v) is 6.22. The van der Waals surface area contributed by atoms with E-state index in [2.05, 4.69) is 15.2 Å². The van der Waals surface area contributed by atoms with Crippen molar-refractivity contribution in [2.45, 2.75) is 37.2 Å². The van der Waals surface area contributed by atoms with Crippen molar-refractivity contribution < 1.29 is 22.0 Å². The van der Waals surface area contributed by atoms with Crippen LogP contribution in [0.3, 0.4) is 0 Å². The lowest BCUT2D eigenvalue weighted by molar-refractivity contribution is 0.210. The zero-order chi connectivity index (χ0) is 22.0. The van der Waals surface area contributed by atoms with Gasteiger partial charge in [0.2, 0.25) is 10.0 Å². The molecular formula is C21H25FN4O4S. The second-order valence-corrected chi connectivity index (χ2v) is 9.15. The first-order valence-corrected chi connectivity index (χ1v) is 11.7. The van der Waals surface area contributed by atoms with Crippen molar-refractivity contribution in [2.24, 2.45) is 5.14 Å². The summed E-state index contributed by atoms with van der Waals surface area (Å²) < 4.78 is 47.8. The lowest BCUT2D eigenvalue weighted by Gasteiger charge is -2.32. The molecular weight excluding hydrogens is 423 g/mol. The molecule has 8 nitrogen and oxygen atoms in total. The van der Waals surface area contributed by atoms with Crippen molar-refractivity contribution in [3.8, 4) is 5.75 Å². The molecule has 0 aliphatic carbocycles. The molecule has 0 radical (unpaired) electrons. The third kappa shape index (κ3) is 5.15. The minimum Gasteiger partial charge on any atom is -0.491 e. The Kier molecular flexibility index (Phi) is 6.12. The highest BCUT2D eigenvalue weighted by molar-refractivity contribution is 7.89. The Morgan fingerprint density at radius 1 is 1.26 bits per heavy atom. The number of nitrogens with two attached hydrogens (primary N) is 1. The number of aromatic nitrogens is 1. The summed E-state index contributed by atoms with van der Waals surface area (Å²) >= 11 is 0. The number of nitrogens with zero attached hydrogens (tertiary/aromatic N) is 2. The Bertz CT molecular complexity index is 1170. The molecule has 1 aliphatic rings. The number of benzene rings is 2. The van der Waals surface area contributed by atoms with E-state index >= 15 is 0 Å². The number of anilines is 1. The number of rotatable bonds is 7. The number of hydrogen-bond donors (Lipinski definition) is 2. The highest BCUT2D eigenvalue weighted by Crippen LogP contribution is 2.25. The van der Waals surface area contributed by atoms with E-state index in [4.69, 9.17) is 14.3 Å². The number of likely N-dealkylation sites (tertiary alicyclic amines) is 1. The lowest BCUT2D eigenvalue weighted by Crippen LogP contribution is -2.38. The molecule has 2 heterocycles. The van der Waals surface area contributed by atoms with Gasteiger partial charge in [0.1, 0.15) is 5.52 Å². The molecule has 1 aromatic heterocycles. The van der Waals surface area contributed by atoms with Crippen molar-refractivity contribution in [3.05, 3.63) is 47.8 Å². The molecule has 0 amide bonds. The molecule has 3 aromatic rings. The minimum atomic E-state index is -3.79. The number of ether oxygens (including phenoxy) is 1. The van der Waals surface area contributed by atoms with Gasteiger partial charge in [0.05, 0.1) is 11.5 Å². The Morgan fingerprint density at radius 2 is 2.03 bits per heavy atom. The first kappa shape index (κ1) is 21.5. The molecule has 10 heteroatoms. The molecule has 0 saturated carbocycles. The van der Waals surface area contributed by atoms with Crippen molar-refractivity contribution in [2.75, 3.05) is 25.0 Å². The van der Waals surface area contributed by atoms with Crippen LogP contribution in [-0.2, 0) is 16.6 Å². The third-order valence-electron chi connectivity index (χ3n) is 5.30. The van der Waals surface area contributed by atoms with Crippen LogP contribution in [0.5, 0.6) is 5.75 Å². The van der Waals surface area contributed by atoms with E-state index in [1.54, 1.807) is 18.2 Å². The summed E-state index contributed by atoms with van der Waals surface area (Å²) in [6.45, 7) is 4.73. The zero-order valence-electron chi connectivity index (χ0n) is 17.2. The van der Waals surface area contributed by atoms with Crippen molar-refractivity contribution in [1.82, 2.24) is 9.88 Å². The van der Waals surface area contributed by atoms with Gasteiger partial charge >= 0.3 is 0 Å². The van der Waals surface area contributed by atoms with E-state index in [0.717, 1.165) is 38.0 Å². The molecule has 0 atom stereocenters. The van der Waals surface area contributed by atoms with Crippen LogP contribution in [0.1, 0.15) is 25.3 Å². The number of piperidine rings is 1. The van der Waals surface area contributed by atoms with Gasteiger partial charge in [-0.25, -0.2) is 17.9 Å². The van der Waals surface area contributed by atoms with Crippen molar-refractivity contribution >= 4 is 27.1 Å². The topological polar surface area (TPSA) is 111 Å². The largest absolute Gasteiger partial charge is 0.491 e. The summed E-state index contributed by atoms with van der Waals surface area (Å²) in [5.74, 6) is -0.0545. The summed E-state index contributed by atoms with van der Waals surface area (Å²) in [5, 5.41) is 8.46. The average Bonchev–Trinajstić information content (AvgIpc) is 3.13. The van der Waals surface area contributed by atoms with Crippen LogP contribution >= 0.6 is 0 Å². The molecule has 0 spiro atoms. The van der Waals surface area contributed by atoms with Crippen LogP contribution in [0.2, 0.25) is 0 Å². The fourth-order valence-corrected chi connectivity index (χ4v) is 4.26. The molecule has 31 heavy (non-hydrogen) atoms. The van der Waals surface area contributed by atoms with Crippen LogP contribution < -0.4 is 15.2 Å². The maximum absolute atomic E-state index is 13.8. The van der Waals surface area contributed by atoms with Gasteiger partial charge in [0, 0.05) is 25.7 Å². The molecule has 3 N–H and O–H groups in total. The number of fused-ring (bicyclic) bond motifs is 1. The highest BCUT2D eigenvalue weighted by atomic mass is 32.2. The molecule has 0 unspecified atom stereocenters. The Balaban J connectivity index is 1.34. The van der Waals surface area contributed by atoms with Gasteiger partial charge in [-0.3, -0.25) is 4.90 Å². The maximum Gasteiger partial charge on any atom is 0.295 e. The molecule has 166 valence electrons. The van der Waals surface area contributed by atoms with Gasteiger partial charge in [-0.2, -0.15) is 4.98 Å². The number of nitrogens with one attached hydrogen (secondary N) is 1. The van der Waals surface area contributed by atoms with Crippen LogP contribution in [-0.4, -0.2) is 44.0 Å². The first-order chi connectivity index (χ1) is 14.8. The predicted molar refractivity (Wildman–Crippen MR) is 115 cm³/mol. The summed E-state index contributed by atoms with van der Waals surface area (Å²) in [5.41, 5.74) is 1.95. The number of primary sulfonamides is 1. The molecule has 1 aliphatic heterocycles. The summed E-state index contributed by atoms with van der Waals surface area (Å²) in [6, 6.07) is 9.90. The van der Waals surface area contributed by atoms with Crippen LogP contribution in [0.15, 0.2) is 45.7 Å². The quantitative estimate of drug-likeness (QED) is 0.571. The van der Waals surface area contributed by atoms with Gasteiger partial charge < -0.3 is 14.5 Å². The SMILES string of the molecule is CCOc1cc(CN2CCC(Nc3nc4cc(S(N)(=O)=O)ccc4o3)CC2)ccc1F. The predicted octanol–water partition coefficient (Wildman–Crippen LogP) is 3.09. The summed E-state index contributed by atoms with van der Waals surface area (Å²) in [6.07, 6.45) is 1.78. The number of halogens is 1. The number of hydrogen-bond acceptors (Lipinski definition) is 7. The van der Waals surface area contributed by atoms with E-state index < -0.39 is 10.0 Å². The monoisotopic (exact) mass is 448 g/mol. The van der Waals surface area contributed by atoms with Gasteiger partial charge in [0.15, 0.2) is 17.1 Å². The van der Waals surface area contributed by atoms with Crippen molar-refractivity contribution in [1.29, 1.82) is 0 Å². The van der Waals surface area contributed by atoms with E-state index in [1.807, 2.05) is 6.92 Å². The minimum absolute atomic E-state index is 0.00134. The highest BCUT2D eigenvalue weighted by Gasteiger charge is 2.21. The number of oxazole rings is 1. The van der Waals surface area contributed by atoms with Crippen LogP contribution in [0.25, 0.3) is 11.1 Å². The smallest absolute Gasteiger partial charge is 0.295 e. The Hall–Kier alpha value is -2.69. The average molecular weight is 449 g/mol. The van der Waals surface area contributed by atoms with E-state index in [1.165, 1.54) is 18.2 Å². The fourth-order valence-electron chi connectivity index (χ4n) is 3.73. The lowest BCUT2D eigenvalue weighted by atomic mass is 10.0. The molecule has 2 aromatic carbocycles. The summed E-state index contributed by atoms with van der Waals surface area (Å²) in [7, 11) is -3.79. The Morgan fingerprint density at radius 3 is 2.74 bits per heavy atom. The van der Waals surface area contributed by atoms with Gasteiger partial charge in [0.25, 0.3) is 6.01 Å². The first-order valence-electron chi connectivity index (χ1n) is 10.2. The van der Waals surface area contributed by atoms with Crippen LogP contribution in [0, 0.1) is 5.82 Å². The molecule has 4 rings (SSSR count). The zero-order valence-corrected chi connectivity index (χ0v) is 18.0. The van der Waals surface area contributed by atoms with Gasteiger partial charge in [-0.05, 0) is 55.7 Å². The fraction of sp³-hybridized carbons (Fsp3) is 0.381.